The minimum atomic E-state index is -0.0513. The molecule has 1 fully saturated rings. The van der Waals surface area contributed by atoms with Gasteiger partial charge >= 0.3 is 0 Å². The lowest BCUT2D eigenvalue weighted by Crippen LogP contribution is -2.39. The maximum Gasteiger partial charge on any atom is 0.265 e. The number of nitrogens with one attached hydrogen (secondary N) is 1. The number of hydrogen-bond donors (Lipinski definition) is 1. The Labute approximate surface area is 95.2 Å². The second-order valence-corrected chi connectivity index (χ2v) is 3.86. The van der Waals surface area contributed by atoms with Crippen LogP contribution in [0, 0.1) is 0 Å². The Kier molecular flexibility index (Phi) is 3.41. The maximum absolute atomic E-state index is 11.8. The van der Waals surface area contributed by atoms with E-state index in [0.717, 1.165) is 31.7 Å². The summed E-state index contributed by atoms with van der Waals surface area (Å²) in [7, 11) is 1.61. The average molecular weight is 220 g/mol. The number of benzene rings is 1. The zero-order chi connectivity index (χ0) is 11.4. The molecule has 1 heterocycles. The van der Waals surface area contributed by atoms with Gasteiger partial charge in [-0.3, -0.25) is 10.2 Å². The molecule has 0 unspecified atom stereocenters. The topological polar surface area (TPSA) is 41.6 Å². The van der Waals surface area contributed by atoms with Crippen molar-refractivity contribution in [3.05, 3.63) is 29.8 Å². The lowest BCUT2D eigenvalue weighted by atomic mass is 10.2. The molecule has 0 spiro atoms. The second-order valence-electron chi connectivity index (χ2n) is 3.86. The van der Waals surface area contributed by atoms with Gasteiger partial charge in [0.05, 0.1) is 7.11 Å². The van der Waals surface area contributed by atoms with Gasteiger partial charge in [0.15, 0.2) is 0 Å². The van der Waals surface area contributed by atoms with E-state index in [1.54, 1.807) is 31.4 Å². The Morgan fingerprint density at radius 2 is 1.88 bits per heavy atom. The monoisotopic (exact) mass is 220 g/mol. The van der Waals surface area contributed by atoms with Crippen LogP contribution in [0.25, 0.3) is 0 Å². The highest BCUT2D eigenvalue weighted by Crippen LogP contribution is 2.12. The van der Waals surface area contributed by atoms with Crippen LogP contribution in [0.5, 0.6) is 5.75 Å². The van der Waals surface area contributed by atoms with Gasteiger partial charge in [-0.05, 0) is 37.1 Å². The molecular formula is C12H16N2O2. The van der Waals surface area contributed by atoms with E-state index in [1.165, 1.54) is 0 Å². The van der Waals surface area contributed by atoms with E-state index in [4.69, 9.17) is 4.74 Å². The molecule has 86 valence electrons. The summed E-state index contributed by atoms with van der Waals surface area (Å²) in [5.74, 6) is 0.710. The first-order valence-corrected chi connectivity index (χ1v) is 5.49. The number of rotatable bonds is 3. The molecule has 1 amide bonds. The van der Waals surface area contributed by atoms with Crippen LogP contribution in [0.3, 0.4) is 0 Å². The van der Waals surface area contributed by atoms with Crippen LogP contribution in [0.1, 0.15) is 23.2 Å². The van der Waals surface area contributed by atoms with Gasteiger partial charge in [0.1, 0.15) is 5.75 Å². The summed E-state index contributed by atoms with van der Waals surface area (Å²) < 4.78 is 5.04. The fraction of sp³-hybridized carbons (Fsp3) is 0.417. The number of ether oxygens (including phenoxy) is 1. The quantitative estimate of drug-likeness (QED) is 0.838. The molecule has 1 aromatic carbocycles. The van der Waals surface area contributed by atoms with Gasteiger partial charge in [0.25, 0.3) is 5.91 Å². The van der Waals surface area contributed by atoms with E-state index >= 15 is 0 Å². The number of amides is 1. The highest BCUT2D eigenvalue weighted by molar-refractivity contribution is 5.93. The third kappa shape index (κ3) is 2.52. The smallest absolute Gasteiger partial charge is 0.265 e. The van der Waals surface area contributed by atoms with E-state index in [9.17, 15) is 4.79 Å². The highest BCUT2D eigenvalue weighted by atomic mass is 16.5. The maximum atomic E-state index is 11.8. The molecular weight excluding hydrogens is 204 g/mol. The molecule has 0 bridgehead atoms. The summed E-state index contributed by atoms with van der Waals surface area (Å²) in [6.45, 7) is 1.89. The zero-order valence-electron chi connectivity index (χ0n) is 9.40. The van der Waals surface area contributed by atoms with Crippen LogP contribution in [0.2, 0.25) is 0 Å². The summed E-state index contributed by atoms with van der Waals surface area (Å²) in [5.41, 5.74) is 3.55. The minimum absolute atomic E-state index is 0.0513. The molecule has 1 aliphatic heterocycles. The van der Waals surface area contributed by atoms with Gasteiger partial charge in [-0.25, -0.2) is 5.01 Å². The van der Waals surface area contributed by atoms with Crippen molar-refractivity contribution in [2.45, 2.75) is 12.8 Å². The van der Waals surface area contributed by atoms with Crippen LogP contribution in [0.15, 0.2) is 24.3 Å². The van der Waals surface area contributed by atoms with Crippen molar-refractivity contribution in [1.82, 2.24) is 10.4 Å². The molecule has 0 radical (unpaired) electrons. The summed E-state index contributed by atoms with van der Waals surface area (Å²) in [4.78, 5) is 11.8. The number of carbonyl (C=O) groups is 1. The van der Waals surface area contributed by atoms with E-state index < -0.39 is 0 Å². The van der Waals surface area contributed by atoms with Gasteiger partial charge in [-0.2, -0.15) is 0 Å². The van der Waals surface area contributed by atoms with Crippen molar-refractivity contribution < 1.29 is 9.53 Å². The first-order chi connectivity index (χ1) is 7.79. The van der Waals surface area contributed by atoms with E-state index in [1.807, 2.05) is 5.01 Å². The Bertz CT molecular complexity index is 356. The van der Waals surface area contributed by atoms with Gasteiger partial charge < -0.3 is 4.74 Å². The van der Waals surface area contributed by atoms with E-state index in [2.05, 4.69) is 5.43 Å². The highest BCUT2D eigenvalue weighted by Gasteiger charge is 2.14. The lowest BCUT2D eigenvalue weighted by Gasteiger charge is -2.16. The SMILES string of the molecule is COc1ccc(C(=O)NN2CCCC2)cc1. The van der Waals surface area contributed by atoms with Crippen LogP contribution in [-0.2, 0) is 0 Å². The Hall–Kier alpha value is -1.55. The molecule has 1 aromatic rings. The summed E-state index contributed by atoms with van der Waals surface area (Å²) in [6, 6.07) is 7.12. The number of hydrazine groups is 1. The normalized spacial score (nSPS) is 16.1. The van der Waals surface area contributed by atoms with Gasteiger partial charge in [0.2, 0.25) is 0 Å². The molecule has 1 saturated heterocycles. The van der Waals surface area contributed by atoms with Crippen molar-refractivity contribution in [2.24, 2.45) is 0 Å². The van der Waals surface area contributed by atoms with Crippen LogP contribution in [-0.4, -0.2) is 31.1 Å². The predicted octanol–water partition coefficient (Wildman–Crippen LogP) is 1.44. The molecule has 0 aromatic heterocycles. The number of hydrogen-bond acceptors (Lipinski definition) is 3. The van der Waals surface area contributed by atoms with Crippen LogP contribution in [0.4, 0.5) is 0 Å². The Morgan fingerprint density at radius 3 is 2.44 bits per heavy atom. The molecule has 0 atom stereocenters. The zero-order valence-corrected chi connectivity index (χ0v) is 9.40. The molecule has 4 nitrogen and oxygen atoms in total. The van der Waals surface area contributed by atoms with Gasteiger partial charge in [-0.1, -0.05) is 0 Å². The van der Waals surface area contributed by atoms with E-state index in [-0.39, 0.29) is 5.91 Å². The fourth-order valence-electron chi connectivity index (χ4n) is 1.78. The van der Waals surface area contributed by atoms with Crippen molar-refractivity contribution in [1.29, 1.82) is 0 Å². The van der Waals surface area contributed by atoms with Gasteiger partial charge in [-0.15, -0.1) is 0 Å². The Balaban J connectivity index is 1.97. The minimum Gasteiger partial charge on any atom is -0.497 e. The Morgan fingerprint density at radius 1 is 1.25 bits per heavy atom. The third-order valence-electron chi connectivity index (χ3n) is 2.72. The summed E-state index contributed by atoms with van der Waals surface area (Å²) in [5, 5.41) is 1.96. The van der Waals surface area contributed by atoms with Crippen molar-refractivity contribution in [3.63, 3.8) is 0 Å². The molecule has 0 saturated carbocycles. The molecule has 16 heavy (non-hydrogen) atoms. The third-order valence-corrected chi connectivity index (χ3v) is 2.72. The molecule has 0 aliphatic carbocycles. The second kappa shape index (κ2) is 4.99. The first kappa shape index (κ1) is 11.0. The summed E-state index contributed by atoms with van der Waals surface area (Å²) in [6.07, 6.45) is 2.31. The van der Waals surface area contributed by atoms with Crippen LogP contribution >= 0.6 is 0 Å². The average Bonchev–Trinajstić information content (AvgIpc) is 2.82. The van der Waals surface area contributed by atoms with Gasteiger partial charge in [0, 0.05) is 18.7 Å². The number of nitrogens with zero attached hydrogens (tertiary/aromatic N) is 1. The summed E-state index contributed by atoms with van der Waals surface area (Å²) >= 11 is 0. The first-order valence-electron chi connectivity index (χ1n) is 5.49. The molecule has 1 N–H and O–H groups in total. The predicted molar refractivity (Wildman–Crippen MR) is 61.3 cm³/mol. The lowest BCUT2D eigenvalue weighted by molar-refractivity contribution is 0.0826. The fourth-order valence-corrected chi connectivity index (χ4v) is 1.78. The van der Waals surface area contributed by atoms with E-state index in [0.29, 0.717) is 5.56 Å². The van der Waals surface area contributed by atoms with Crippen molar-refractivity contribution >= 4 is 5.91 Å². The van der Waals surface area contributed by atoms with Crippen molar-refractivity contribution in [2.75, 3.05) is 20.2 Å². The van der Waals surface area contributed by atoms with Crippen LogP contribution < -0.4 is 10.2 Å². The largest absolute Gasteiger partial charge is 0.497 e. The number of carbonyl (C=O) groups excluding carboxylic acids is 1. The molecule has 2 rings (SSSR count). The molecule has 4 heteroatoms. The molecule has 1 aliphatic rings. The number of methoxy groups -OCH3 is 1. The van der Waals surface area contributed by atoms with Crippen molar-refractivity contribution in [3.8, 4) is 5.75 Å². The standard InChI is InChI=1S/C12H16N2O2/c1-16-11-6-4-10(5-7-11)12(15)13-14-8-2-3-9-14/h4-7H,2-3,8-9H2,1H3,(H,13,15).